The van der Waals surface area contributed by atoms with Gasteiger partial charge in [0.1, 0.15) is 5.75 Å². The van der Waals surface area contributed by atoms with Crippen molar-refractivity contribution in [3.63, 3.8) is 0 Å². The maximum Gasteiger partial charge on any atom is 0.311 e. The molecule has 1 atom stereocenters. The van der Waals surface area contributed by atoms with E-state index in [0.29, 0.717) is 18.2 Å². The average molecular weight is 490 g/mol. The molecule has 0 aromatic heterocycles. The summed E-state index contributed by atoms with van der Waals surface area (Å²) in [5, 5.41) is 2.19. The van der Waals surface area contributed by atoms with Gasteiger partial charge in [-0.15, -0.1) is 5.92 Å². The van der Waals surface area contributed by atoms with E-state index in [0.717, 1.165) is 49.3 Å². The lowest BCUT2D eigenvalue weighted by molar-refractivity contribution is -0.134. The van der Waals surface area contributed by atoms with Gasteiger partial charge in [-0.05, 0) is 70.1 Å². The summed E-state index contributed by atoms with van der Waals surface area (Å²) in [4.78, 5) is 14.8. The van der Waals surface area contributed by atoms with Crippen LogP contribution in [0.5, 0.6) is 5.75 Å². The van der Waals surface area contributed by atoms with Crippen LogP contribution in [-0.2, 0) is 11.2 Å². The predicted molar refractivity (Wildman–Crippen MR) is 154 cm³/mol. The number of rotatable bonds is 16. The fourth-order valence-corrected chi connectivity index (χ4v) is 4.26. The smallest absolute Gasteiger partial charge is 0.311 e. The molecular weight excluding hydrogens is 442 g/mol. The second-order valence-corrected chi connectivity index (χ2v) is 10.1. The lowest BCUT2D eigenvalue weighted by Crippen LogP contribution is -2.26. The van der Waals surface area contributed by atoms with Crippen LogP contribution in [0.2, 0.25) is 0 Å². The number of ether oxygens (including phenoxy) is 1. The highest BCUT2D eigenvalue weighted by Gasteiger charge is 2.14. The SMILES string of the molecule is CCCCCC#CC/C=C\CCCCCCCC(=O)Oc1cccc2cccc(CC(C)N(C)C)c12. The number of fused-ring (bicyclic) bond motifs is 1. The van der Waals surface area contributed by atoms with E-state index in [1.165, 1.54) is 44.1 Å². The van der Waals surface area contributed by atoms with Crippen LogP contribution >= 0.6 is 0 Å². The Bertz CT molecular complexity index is 990. The van der Waals surface area contributed by atoms with Crippen molar-refractivity contribution < 1.29 is 9.53 Å². The summed E-state index contributed by atoms with van der Waals surface area (Å²) >= 11 is 0. The molecule has 2 rings (SSSR count). The Labute approximate surface area is 220 Å². The third-order valence-corrected chi connectivity index (χ3v) is 6.74. The molecule has 0 aliphatic carbocycles. The van der Waals surface area contributed by atoms with E-state index in [2.05, 4.69) is 81.1 Å². The quantitative estimate of drug-likeness (QED) is 0.0778. The summed E-state index contributed by atoms with van der Waals surface area (Å²) in [7, 11) is 4.19. The minimum atomic E-state index is -0.128. The Balaban J connectivity index is 1.67. The zero-order valence-electron chi connectivity index (χ0n) is 23.2. The maximum atomic E-state index is 12.6. The van der Waals surface area contributed by atoms with Crippen molar-refractivity contribution in [1.29, 1.82) is 0 Å². The molecule has 2 aromatic rings. The molecule has 0 aliphatic heterocycles. The molecular formula is C33H47NO2. The van der Waals surface area contributed by atoms with Gasteiger partial charge in [0.25, 0.3) is 0 Å². The van der Waals surface area contributed by atoms with Gasteiger partial charge in [0.05, 0.1) is 0 Å². The highest BCUT2D eigenvalue weighted by Crippen LogP contribution is 2.30. The summed E-state index contributed by atoms with van der Waals surface area (Å²) in [6, 6.07) is 12.7. The van der Waals surface area contributed by atoms with E-state index >= 15 is 0 Å². The van der Waals surface area contributed by atoms with E-state index in [-0.39, 0.29) is 5.97 Å². The van der Waals surface area contributed by atoms with Gasteiger partial charge in [0.15, 0.2) is 0 Å². The summed E-state index contributed by atoms with van der Waals surface area (Å²) in [6.07, 6.45) is 18.2. The maximum absolute atomic E-state index is 12.6. The highest BCUT2D eigenvalue weighted by atomic mass is 16.5. The van der Waals surface area contributed by atoms with E-state index in [1.54, 1.807) is 0 Å². The predicted octanol–water partition coefficient (Wildman–Crippen LogP) is 8.50. The molecule has 0 bridgehead atoms. The molecule has 3 nitrogen and oxygen atoms in total. The molecule has 3 heteroatoms. The standard InChI is InChI=1S/C33H47NO2/c1-5-6-7-8-9-10-11-12-13-14-15-16-17-18-19-26-32(35)36-31-25-21-23-29-22-20-24-30(33(29)31)27-28(2)34(3)4/h12-13,20-25,28H,5-8,11,14-19,26-27H2,1-4H3/b13-12-. The molecule has 0 amide bonds. The Morgan fingerprint density at radius 2 is 1.69 bits per heavy atom. The van der Waals surface area contributed by atoms with E-state index < -0.39 is 0 Å². The van der Waals surface area contributed by atoms with E-state index in [9.17, 15) is 4.79 Å². The molecule has 196 valence electrons. The topological polar surface area (TPSA) is 29.5 Å². The first-order valence-corrected chi connectivity index (χ1v) is 14.0. The molecule has 0 radical (unpaired) electrons. The van der Waals surface area contributed by atoms with Crippen molar-refractivity contribution in [2.45, 2.75) is 103 Å². The minimum absolute atomic E-state index is 0.128. The van der Waals surface area contributed by atoms with Crippen molar-refractivity contribution in [2.24, 2.45) is 0 Å². The largest absolute Gasteiger partial charge is 0.426 e. The van der Waals surface area contributed by atoms with Gasteiger partial charge in [0, 0.05) is 30.7 Å². The molecule has 0 heterocycles. The van der Waals surface area contributed by atoms with Crippen molar-refractivity contribution in [3.05, 3.63) is 54.1 Å². The Morgan fingerprint density at radius 1 is 0.944 bits per heavy atom. The first-order chi connectivity index (χ1) is 17.5. The van der Waals surface area contributed by atoms with Crippen LogP contribution in [0.25, 0.3) is 10.8 Å². The number of allylic oxidation sites excluding steroid dienone is 2. The zero-order valence-corrected chi connectivity index (χ0v) is 23.2. The molecule has 0 saturated heterocycles. The minimum Gasteiger partial charge on any atom is -0.426 e. The molecule has 0 aliphatic rings. The Kier molecular flexibility index (Phi) is 14.7. The van der Waals surface area contributed by atoms with Crippen LogP contribution in [0.4, 0.5) is 0 Å². The summed E-state index contributed by atoms with van der Waals surface area (Å²) < 4.78 is 5.86. The van der Waals surface area contributed by atoms with Crippen LogP contribution in [0.1, 0.15) is 96.5 Å². The average Bonchev–Trinajstić information content (AvgIpc) is 2.86. The van der Waals surface area contributed by atoms with Gasteiger partial charge < -0.3 is 9.64 Å². The monoisotopic (exact) mass is 489 g/mol. The molecule has 1 unspecified atom stereocenters. The third-order valence-electron chi connectivity index (χ3n) is 6.74. The zero-order chi connectivity index (χ0) is 26.0. The van der Waals surface area contributed by atoms with Gasteiger partial charge in [-0.2, -0.15) is 0 Å². The van der Waals surface area contributed by atoms with Crippen molar-refractivity contribution >= 4 is 16.7 Å². The van der Waals surface area contributed by atoms with E-state index in [4.69, 9.17) is 4.74 Å². The van der Waals surface area contributed by atoms with Crippen molar-refractivity contribution in [2.75, 3.05) is 14.1 Å². The second kappa shape index (κ2) is 17.8. The van der Waals surface area contributed by atoms with Gasteiger partial charge in [-0.1, -0.05) is 87.4 Å². The lowest BCUT2D eigenvalue weighted by atomic mass is 9.98. The number of hydrogen-bond donors (Lipinski definition) is 0. The van der Waals surface area contributed by atoms with E-state index in [1.807, 2.05) is 12.1 Å². The van der Waals surface area contributed by atoms with Gasteiger partial charge in [-0.3, -0.25) is 4.79 Å². The van der Waals surface area contributed by atoms with Crippen molar-refractivity contribution in [3.8, 4) is 17.6 Å². The van der Waals surface area contributed by atoms with Crippen molar-refractivity contribution in [1.82, 2.24) is 4.90 Å². The first kappa shape index (κ1) is 29.7. The highest BCUT2D eigenvalue weighted by molar-refractivity contribution is 5.93. The normalized spacial score (nSPS) is 12.1. The molecule has 0 saturated carbocycles. The molecule has 36 heavy (non-hydrogen) atoms. The van der Waals surface area contributed by atoms with Crippen LogP contribution < -0.4 is 4.74 Å². The Morgan fingerprint density at radius 3 is 2.47 bits per heavy atom. The summed E-state index contributed by atoms with van der Waals surface area (Å²) in [5.41, 5.74) is 1.23. The number of carbonyl (C=O) groups excluding carboxylic acids is 1. The number of nitrogens with zero attached hydrogens (tertiary/aromatic N) is 1. The number of likely N-dealkylation sites (N-methyl/N-ethyl adjacent to an activating group) is 1. The second-order valence-electron chi connectivity index (χ2n) is 10.1. The number of benzene rings is 2. The number of unbranched alkanes of at least 4 members (excludes halogenated alkanes) is 8. The van der Waals surface area contributed by atoms with Gasteiger partial charge in [-0.25, -0.2) is 0 Å². The fourth-order valence-electron chi connectivity index (χ4n) is 4.26. The molecule has 0 N–H and O–H groups in total. The molecule has 2 aromatic carbocycles. The third kappa shape index (κ3) is 11.4. The van der Waals surface area contributed by atoms with Crippen LogP contribution in [-0.4, -0.2) is 31.0 Å². The first-order valence-electron chi connectivity index (χ1n) is 14.0. The number of esters is 1. The van der Waals surface area contributed by atoms with Gasteiger partial charge in [0.2, 0.25) is 0 Å². The van der Waals surface area contributed by atoms with Crippen LogP contribution in [0.3, 0.4) is 0 Å². The number of hydrogen-bond acceptors (Lipinski definition) is 3. The lowest BCUT2D eigenvalue weighted by Gasteiger charge is -2.21. The summed E-state index contributed by atoms with van der Waals surface area (Å²) in [5.74, 6) is 7.05. The van der Waals surface area contributed by atoms with Crippen LogP contribution in [0, 0.1) is 11.8 Å². The van der Waals surface area contributed by atoms with Gasteiger partial charge >= 0.3 is 5.97 Å². The van der Waals surface area contributed by atoms with Crippen LogP contribution in [0.15, 0.2) is 48.6 Å². The summed E-state index contributed by atoms with van der Waals surface area (Å²) in [6.45, 7) is 4.44. The fraction of sp³-hybridized carbons (Fsp3) is 0.545. The Hall–Kier alpha value is -2.57. The molecule has 0 spiro atoms. The molecule has 0 fully saturated rings. The number of carbonyl (C=O) groups is 1.